The van der Waals surface area contributed by atoms with Crippen molar-refractivity contribution in [2.45, 2.75) is 57.6 Å². The van der Waals surface area contributed by atoms with E-state index in [1.165, 1.54) is 0 Å². The quantitative estimate of drug-likeness (QED) is 0.782. The number of nitrogens with two attached hydrogens (primary N) is 1. The van der Waals surface area contributed by atoms with E-state index in [2.05, 4.69) is 13.8 Å². The van der Waals surface area contributed by atoms with Gasteiger partial charge in [-0.25, -0.2) is 8.42 Å². The Bertz CT molecular complexity index is 303. The Hall–Kier alpha value is -0.0900. The summed E-state index contributed by atoms with van der Waals surface area (Å²) in [5.41, 5.74) is 5.70. The molecule has 0 aromatic carbocycles. The minimum absolute atomic E-state index is 0.0477. The van der Waals surface area contributed by atoms with Gasteiger partial charge < -0.3 is 5.73 Å². The van der Waals surface area contributed by atoms with E-state index in [9.17, 15) is 8.42 Å². The van der Waals surface area contributed by atoms with Crippen LogP contribution in [0.15, 0.2) is 0 Å². The molecule has 1 fully saturated rings. The first-order chi connectivity index (χ1) is 7.37. The summed E-state index contributed by atoms with van der Waals surface area (Å²) in [6.07, 6.45) is 5.57. The molecule has 1 aliphatic rings. The highest BCUT2D eigenvalue weighted by molar-refractivity contribution is 7.92. The summed E-state index contributed by atoms with van der Waals surface area (Å²) in [6, 6.07) is 0. The minimum Gasteiger partial charge on any atom is -0.330 e. The smallest absolute Gasteiger partial charge is 0.153 e. The Balaban J connectivity index is 2.36. The zero-order chi connectivity index (χ0) is 12.2. The van der Waals surface area contributed by atoms with Crippen molar-refractivity contribution < 1.29 is 8.42 Å². The van der Waals surface area contributed by atoms with Gasteiger partial charge in [0.25, 0.3) is 0 Å². The van der Waals surface area contributed by atoms with Crippen molar-refractivity contribution in [1.82, 2.24) is 0 Å². The maximum Gasteiger partial charge on any atom is 0.153 e. The summed E-state index contributed by atoms with van der Waals surface area (Å²) >= 11 is 0. The molecule has 0 spiro atoms. The molecule has 0 atom stereocenters. The second-order valence-corrected chi connectivity index (χ2v) is 8.15. The number of rotatable bonds is 6. The van der Waals surface area contributed by atoms with Gasteiger partial charge in [-0.3, -0.25) is 0 Å². The summed E-state index contributed by atoms with van der Waals surface area (Å²) in [5, 5.41) is -0.0477. The molecule has 0 aromatic heterocycles. The topological polar surface area (TPSA) is 60.2 Å². The molecule has 0 aromatic rings. The van der Waals surface area contributed by atoms with Crippen LogP contribution < -0.4 is 5.73 Å². The van der Waals surface area contributed by atoms with Crippen LogP contribution in [0.3, 0.4) is 0 Å². The first-order valence-electron chi connectivity index (χ1n) is 6.29. The minimum atomic E-state index is -2.83. The second-order valence-electron chi connectivity index (χ2n) is 5.75. The van der Waals surface area contributed by atoms with Crippen molar-refractivity contribution >= 4 is 9.84 Å². The molecular formula is C12H25NO2S. The van der Waals surface area contributed by atoms with Crippen molar-refractivity contribution in [3.8, 4) is 0 Å². The average Bonchev–Trinajstić information content (AvgIpc) is 2.70. The highest BCUT2D eigenvalue weighted by Crippen LogP contribution is 2.27. The predicted octanol–water partition coefficient (Wildman–Crippen LogP) is 2.11. The third-order valence-corrected chi connectivity index (χ3v) is 5.99. The van der Waals surface area contributed by atoms with Gasteiger partial charge in [0.1, 0.15) is 0 Å². The lowest BCUT2D eigenvalue weighted by Gasteiger charge is -2.22. The monoisotopic (exact) mass is 247 g/mol. The van der Waals surface area contributed by atoms with Crippen molar-refractivity contribution in [3.63, 3.8) is 0 Å². The molecule has 0 amide bonds. The van der Waals surface area contributed by atoms with Crippen LogP contribution in [0, 0.1) is 5.41 Å². The van der Waals surface area contributed by atoms with Gasteiger partial charge in [-0.15, -0.1) is 0 Å². The van der Waals surface area contributed by atoms with E-state index >= 15 is 0 Å². The van der Waals surface area contributed by atoms with Crippen molar-refractivity contribution in [3.05, 3.63) is 0 Å². The van der Waals surface area contributed by atoms with Crippen LogP contribution in [0.1, 0.15) is 52.4 Å². The van der Waals surface area contributed by atoms with Crippen LogP contribution >= 0.6 is 0 Å². The summed E-state index contributed by atoms with van der Waals surface area (Å²) in [7, 11) is -2.83. The summed E-state index contributed by atoms with van der Waals surface area (Å²) in [5.74, 6) is 0.348. The fourth-order valence-electron chi connectivity index (χ4n) is 2.27. The van der Waals surface area contributed by atoms with Crippen LogP contribution in [-0.2, 0) is 9.84 Å². The van der Waals surface area contributed by atoms with Crippen LogP contribution in [0.2, 0.25) is 0 Å². The molecule has 0 heterocycles. The Morgan fingerprint density at radius 1 is 1.25 bits per heavy atom. The van der Waals surface area contributed by atoms with E-state index < -0.39 is 9.84 Å². The SMILES string of the molecule is CC(C)(CN)CCCS(=O)(=O)C1CCCC1. The van der Waals surface area contributed by atoms with E-state index in [1.807, 2.05) is 0 Å². The highest BCUT2D eigenvalue weighted by atomic mass is 32.2. The first kappa shape index (κ1) is 14.0. The molecule has 0 radical (unpaired) electrons. The molecule has 1 aliphatic carbocycles. The lowest BCUT2D eigenvalue weighted by atomic mass is 9.88. The van der Waals surface area contributed by atoms with Crippen LogP contribution in [0.5, 0.6) is 0 Å². The zero-order valence-corrected chi connectivity index (χ0v) is 11.4. The normalized spacial score (nSPS) is 19.2. The lowest BCUT2D eigenvalue weighted by molar-refractivity contribution is 0.344. The van der Waals surface area contributed by atoms with Crippen LogP contribution in [-0.4, -0.2) is 26.0 Å². The van der Waals surface area contributed by atoms with E-state index in [1.54, 1.807) is 0 Å². The Morgan fingerprint density at radius 3 is 2.31 bits per heavy atom. The fraction of sp³-hybridized carbons (Fsp3) is 1.00. The molecule has 16 heavy (non-hydrogen) atoms. The molecule has 1 saturated carbocycles. The maximum atomic E-state index is 12.0. The first-order valence-corrected chi connectivity index (χ1v) is 8.00. The fourth-order valence-corrected chi connectivity index (χ4v) is 4.20. The van der Waals surface area contributed by atoms with Gasteiger partial charge in [0.15, 0.2) is 9.84 Å². The Labute approximate surface area is 99.7 Å². The van der Waals surface area contributed by atoms with Gasteiger partial charge in [-0.2, -0.15) is 0 Å². The predicted molar refractivity (Wildman–Crippen MR) is 68.1 cm³/mol. The lowest BCUT2D eigenvalue weighted by Crippen LogP contribution is -2.26. The number of sulfone groups is 1. The number of hydrogen-bond acceptors (Lipinski definition) is 3. The summed E-state index contributed by atoms with van der Waals surface area (Å²) in [6.45, 7) is 4.81. The third kappa shape index (κ3) is 4.06. The number of hydrogen-bond donors (Lipinski definition) is 1. The summed E-state index contributed by atoms with van der Waals surface area (Å²) in [4.78, 5) is 0. The molecule has 0 bridgehead atoms. The Morgan fingerprint density at radius 2 is 1.81 bits per heavy atom. The van der Waals surface area contributed by atoms with Crippen molar-refractivity contribution in [2.75, 3.05) is 12.3 Å². The van der Waals surface area contributed by atoms with Crippen molar-refractivity contribution in [1.29, 1.82) is 0 Å². The van der Waals surface area contributed by atoms with E-state index in [-0.39, 0.29) is 10.7 Å². The van der Waals surface area contributed by atoms with E-state index in [0.717, 1.165) is 38.5 Å². The van der Waals surface area contributed by atoms with E-state index in [4.69, 9.17) is 5.73 Å². The second kappa shape index (κ2) is 5.50. The van der Waals surface area contributed by atoms with Crippen molar-refractivity contribution in [2.24, 2.45) is 11.1 Å². The molecule has 0 aliphatic heterocycles. The molecule has 96 valence electrons. The molecule has 2 N–H and O–H groups in total. The molecule has 0 unspecified atom stereocenters. The molecule has 4 heteroatoms. The summed E-state index contributed by atoms with van der Waals surface area (Å²) < 4.78 is 24.0. The van der Waals surface area contributed by atoms with Gasteiger partial charge in [-0.05, 0) is 37.6 Å². The van der Waals surface area contributed by atoms with Gasteiger partial charge >= 0.3 is 0 Å². The largest absolute Gasteiger partial charge is 0.330 e. The highest BCUT2D eigenvalue weighted by Gasteiger charge is 2.28. The molecular weight excluding hydrogens is 222 g/mol. The Kier molecular flexibility index (Phi) is 4.80. The van der Waals surface area contributed by atoms with Gasteiger partial charge in [-0.1, -0.05) is 26.7 Å². The molecule has 1 rings (SSSR count). The standard InChI is InChI=1S/C12H25NO2S/c1-12(2,10-13)8-5-9-16(14,15)11-6-3-4-7-11/h11H,3-10,13H2,1-2H3. The van der Waals surface area contributed by atoms with Gasteiger partial charge in [0, 0.05) is 0 Å². The van der Waals surface area contributed by atoms with Crippen LogP contribution in [0.25, 0.3) is 0 Å². The maximum absolute atomic E-state index is 12.0. The molecule has 3 nitrogen and oxygen atoms in total. The average molecular weight is 247 g/mol. The van der Waals surface area contributed by atoms with Gasteiger partial charge in [0.2, 0.25) is 0 Å². The van der Waals surface area contributed by atoms with E-state index in [0.29, 0.717) is 12.3 Å². The zero-order valence-electron chi connectivity index (χ0n) is 10.5. The van der Waals surface area contributed by atoms with Crippen LogP contribution in [0.4, 0.5) is 0 Å². The molecule has 0 saturated heterocycles. The third-order valence-electron chi connectivity index (χ3n) is 3.65. The van der Waals surface area contributed by atoms with Gasteiger partial charge in [0.05, 0.1) is 11.0 Å².